The van der Waals surface area contributed by atoms with Crippen LogP contribution < -0.4 is 4.74 Å². The SMILES string of the molecule is O=C(Cc1ccc2occc2c1)Oc1ncoc1-c1ccsc1. The van der Waals surface area contributed by atoms with Crippen LogP contribution in [0.5, 0.6) is 5.88 Å². The van der Waals surface area contributed by atoms with Crippen molar-refractivity contribution in [1.82, 2.24) is 4.98 Å². The number of oxazole rings is 1. The van der Waals surface area contributed by atoms with Gasteiger partial charge >= 0.3 is 5.97 Å². The fraction of sp³-hybridized carbons (Fsp3) is 0.0588. The first-order valence-electron chi connectivity index (χ1n) is 6.92. The molecular formula is C17H11NO4S. The number of thiophene rings is 1. The topological polar surface area (TPSA) is 65.5 Å². The quantitative estimate of drug-likeness (QED) is 0.523. The Kier molecular flexibility index (Phi) is 3.44. The van der Waals surface area contributed by atoms with E-state index in [0.717, 1.165) is 22.1 Å². The minimum atomic E-state index is -0.391. The molecule has 1 aromatic carbocycles. The fourth-order valence-electron chi connectivity index (χ4n) is 2.33. The van der Waals surface area contributed by atoms with E-state index in [-0.39, 0.29) is 12.3 Å². The molecule has 4 aromatic rings. The monoisotopic (exact) mass is 325 g/mol. The zero-order valence-corrected chi connectivity index (χ0v) is 12.7. The lowest BCUT2D eigenvalue weighted by molar-refractivity contribution is -0.133. The minimum Gasteiger partial charge on any atom is -0.464 e. The molecule has 4 rings (SSSR count). The normalized spacial score (nSPS) is 11.0. The second-order valence-electron chi connectivity index (χ2n) is 4.94. The average molecular weight is 325 g/mol. The number of fused-ring (bicyclic) bond motifs is 1. The first-order chi connectivity index (χ1) is 11.3. The van der Waals surface area contributed by atoms with E-state index >= 15 is 0 Å². The van der Waals surface area contributed by atoms with Crippen molar-refractivity contribution in [2.24, 2.45) is 0 Å². The van der Waals surface area contributed by atoms with E-state index in [9.17, 15) is 4.79 Å². The zero-order valence-electron chi connectivity index (χ0n) is 11.9. The predicted molar refractivity (Wildman–Crippen MR) is 85.4 cm³/mol. The first kappa shape index (κ1) is 13.8. The standard InChI is InChI=1S/C17H11NO4S/c19-15(8-11-1-2-14-12(7-11)3-5-20-14)22-17-16(21-10-18-17)13-4-6-23-9-13/h1-7,9-10H,8H2. The van der Waals surface area contributed by atoms with Gasteiger partial charge in [-0.2, -0.15) is 16.3 Å². The van der Waals surface area contributed by atoms with Gasteiger partial charge in [0.15, 0.2) is 12.2 Å². The van der Waals surface area contributed by atoms with Crippen molar-refractivity contribution < 1.29 is 18.4 Å². The van der Waals surface area contributed by atoms with Gasteiger partial charge in [0.1, 0.15) is 5.58 Å². The number of carbonyl (C=O) groups is 1. The van der Waals surface area contributed by atoms with Crippen LogP contribution >= 0.6 is 11.3 Å². The molecule has 0 N–H and O–H groups in total. The van der Waals surface area contributed by atoms with E-state index in [1.165, 1.54) is 17.7 Å². The molecule has 0 radical (unpaired) electrons. The largest absolute Gasteiger partial charge is 0.464 e. The summed E-state index contributed by atoms with van der Waals surface area (Å²) in [6.07, 6.45) is 3.04. The van der Waals surface area contributed by atoms with Crippen molar-refractivity contribution in [3.63, 3.8) is 0 Å². The predicted octanol–water partition coefficient (Wildman–Crippen LogP) is 4.30. The molecule has 0 aliphatic heterocycles. The van der Waals surface area contributed by atoms with E-state index in [2.05, 4.69) is 4.98 Å². The molecule has 0 saturated carbocycles. The Morgan fingerprint density at radius 2 is 2.17 bits per heavy atom. The highest BCUT2D eigenvalue weighted by molar-refractivity contribution is 7.08. The minimum absolute atomic E-state index is 0.150. The molecule has 0 unspecified atom stereocenters. The Hall–Kier alpha value is -2.86. The Balaban J connectivity index is 1.51. The van der Waals surface area contributed by atoms with Crippen molar-refractivity contribution >= 4 is 28.3 Å². The summed E-state index contributed by atoms with van der Waals surface area (Å²) in [5.41, 5.74) is 2.48. The molecule has 6 heteroatoms. The molecular weight excluding hydrogens is 314 g/mol. The summed E-state index contributed by atoms with van der Waals surface area (Å²) in [4.78, 5) is 16.1. The van der Waals surface area contributed by atoms with Crippen molar-refractivity contribution in [3.05, 3.63) is 59.3 Å². The number of carbonyl (C=O) groups excluding carboxylic acids is 1. The summed E-state index contributed by atoms with van der Waals surface area (Å²) in [6.45, 7) is 0. The van der Waals surface area contributed by atoms with Gasteiger partial charge in [-0.1, -0.05) is 6.07 Å². The van der Waals surface area contributed by atoms with Gasteiger partial charge in [0.2, 0.25) is 0 Å². The molecule has 23 heavy (non-hydrogen) atoms. The van der Waals surface area contributed by atoms with Crippen LogP contribution in [0.2, 0.25) is 0 Å². The van der Waals surface area contributed by atoms with Crippen LogP contribution in [0.3, 0.4) is 0 Å². The van der Waals surface area contributed by atoms with E-state index in [1.807, 2.05) is 41.1 Å². The highest BCUT2D eigenvalue weighted by atomic mass is 32.1. The lowest BCUT2D eigenvalue weighted by atomic mass is 10.1. The Labute approximate surface area is 135 Å². The molecule has 0 fully saturated rings. The molecule has 0 bridgehead atoms. The fourth-order valence-corrected chi connectivity index (χ4v) is 2.97. The van der Waals surface area contributed by atoms with Crippen LogP contribution in [0.25, 0.3) is 22.3 Å². The maximum Gasteiger partial charge on any atom is 0.317 e. The van der Waals surface area contributed by atoms with Crippen LogP contribution in [-0.4, -0.2) is 11.0 Å². The van der Waals surface area contributed by atoms with E-state index in [4.69, 9.17) is 13.6 Å². The van der Waals surface area contributed by atoms with Gasteiger partial charge in [0.05, 0.1) is 12.7 Å². The second-order valence-corrected chi connectivity index (χ2v) is 5.72. The number of esters is 1. The Morgan fingerprint density at radius 3 is 3.04 bits per heavy atom. The summed E-state index contributed by atoms with van der Waals surface area (Å²) in [5.74, 6) is 0.265. The lowest BCUT2D eigenvalue weighted by Crippen LogP contribution is -2.11. The smallest absolute Gasteiger partial charge is 0.317 e. The number of ether oxygens (including phenoxy) is 1. The third kappa shape index (κ3) is 2.76. The van der Waals surface area contributed by atoms with E-state index < -0.39 is 5.97 Å². The van der Waals surface area contributed by atoms with Crippen molar-refractivity contribution in [2.45, 2.75) is 6.42 Å². The molecule has 0 aliphatic carbocycles. The number of hydrogen-bond donors (Lipinski definition) is 0. The summed E-state index contributed by atoms with van der Waals surface area (Å²) >= 11 is 1.53. The Morgan fingerprint density at radius 1 is 1.22 bits per heavy atom. The van der Waals surface area contributed by atoms with Crippen LogP contribution in [0.4, 0.5) is 0 Å². The number of aromatic nitrogens is 1. The average Bonchev–Trinajstić information content (AvgIpc) is 3.27. The lowest BCUT2D eigenvalue weighted by Gasteiger charge is -2.03. The number of benzene rings is 1. The molecule has 0 saturated heterocycles. The van der Waals surface area contributed by atoms with Gasteiger partial charge in [-0.3, -0.25) is 4.79 Å². The second kappa shape index (κ2) is 5.73. The van der Waals surface area contributed by atoms with Gasteiger partial charge in [-0.15, -0.1) is 0 Å². The van der Waals surface area contributed by atoms with Gasteiger partial charge < -0.3 is 13.6 Å². The summed E-state index contributed by atoms with van der Waals surface area (Å²) < 4.78 is 15.9. The third-order valence-corrected chi connectivity index (χ3v) is 4.08. The van der Waals surface area contributed by atoms with Crippen LogP contribution in [-0.2, 0) is 11.2 Å². The number of rotatable bonds is 4. The molecule has 0 amide bonds. The molecule has 3 aromatic heterocycles. The van der Waals surface area contributed by atoms with E-state index in [0.29, 0.717) is 5.76 Å². The summed E-state index contributed by atoms with van der Waals surface area (Å²) in [6, 6.07) is 9.33. The highest BCUT2D eigenvalue weighted by Gasteiger charge is 2.16. The van der Waals surface area contributed by atoms with Crippen LogP contribution in [0.1, 0.15) is 5.56 Å². The summed E-state index contributed by atoms with van der Waals surface area (Å²) in [5, 5.41) is 4.78. The van der Waals surface area contributed by atoms with Crippen LogP contribution in [0.15, 0.2) is 62.6 Å². The van der Waals surface area contributed by atoms with Gasteiger partial charge in [-0.25, -0.2) is 0 Å². The molecule has 5 nitrogen and oxygen atoms in total. The molecule has 0 spiro atoms. The van der Waals surface area contributed by atoms with Crippen LogP contribution in [0, 0.1) is 0 Å². The Bertz CT molecular complexity index is 952. The van der Waals surface area contributed by atoms with E-state index in [1.54, 1.807) is 6.26 Å². The highest BCUT2D eigenvalue weighted by Crippen LogP contribution is 2.30. The molecule has 0 atom stereocenters. The molecule has 114 valence electrons. The maximum atomic E-state index is 12.2. The zero-order chi connectivity index (χ0) is 15.6. The number of nitrogens with zero attached hydrogens (tertiary/aromatic N) is 1. The third-order valence-electron chi connectivity index (χ3n) is 3.39. The van der Waals surface area contributed by atoms with Crippen molar-refractivity contribution in [1.29, 1.82) is 0 Å². The summed E-state index contributed by atoms with van der Waals surface area (Å²) in [7, 11) is 0. The molecule has 3 heterocycles. The van der Waals surface area contributed by atoms with Gasteiger partial charge in [0, 0.05) is 16.3 Å². The number of furan rings is 1. The first-order valence-corrected chi connectivity index (χ1v) is 7.87. The van der Waals surface area contributed by atoms with Gasteiger partial charge in [0.25, 0.3) is 5.88 Å². The molecule has 0 aliphatic rings. The number of hydrogen-bond acceptors (Lipinski definition) is 6. The van der Waals surface area contributed by atoms with Crippen molar-refractivity contribution in [3.8, 4) is 17.2 Å². The maximum absolute atomic E-state index is 12.2. The van der Waals surface area contributed by atoms with Gasteiger partial charge in [-0.05, 0) is 35.2 Å². The van der Waals surface area contributed by atoms with Crippen molar-refractivity contribution in [2.75, 3.05) is 0 Å².